The van der Waals surface area contributed by atoms with Crippen LogP contribution in [0.4, 0.5) is 5.69 Å². The number of nitrogens with one attached hydrogen (secondary N) is 1. The first-order chi connectivity index (χ1) is 8.74. The van der Waals surface area contributed by atoms with Gasteiger partial charge in [-0.25, -0.2) is 0 Å². The standard InChI is InChI=1S/C14H19N3O/c1-17-8-4-6-12(10-17)16-14-11(9-15)5-3-7-13(14)18-2/h3,5,7,12,16H,4,6,8,10H2,1-2H3. The maximum Gasteiger partial charge on any atom is 0.143 e. The molecule has 1 aromatic rings. The molecule has 1 saturated heterocycles. The van der Waals surface area contributed by atoms with Crippen molar-refractivity contribution in [1.29, 1.82) is 5.26 Å². The van der Waals surface area contributed by atoms with Crippen molar-refractivity contribution < 1.29 is 4.74 Å². The number of methoxy groups -OCH3 is 1. The summed E-state index contributed by atoms with van der Waals surface area (Å²) in [5.74, 6) is 0.738. The predicted molar refractivity (Wildman–Crippen MR) is 71.9 cm³/mol. The van der Waals surface area contributed by atoms with Crippen molar-refractivity contribution in [2.24, 2.45) is 0 Å². The van der Waals surface area contributed by atoms with Gasteiger partial charge in [-0.3, -0.25) is 0 Å². The number of nitriles is 1. The van der Waals surface area contributed by atoms with E-state index < -0.39 is 0 Å². The van der Waals surface area contributed by atoms with Crippen molar-refractivity contribution in [3.63, 3.8) is 0 Å². The second-order valence-electron chi connectivity index (χ2n) is 4.74. The molecule has 1 N–H and O–H groups in total. The number of likely N-dealkylation sites (N-methyl/N-ethyl adjacent to an activating group) is 1. The summed E-state index contributed by atoms with van der Waals surface area (Å²) in [5.41, 5.74) is 1.46. The summed E-state index contributed by atoms with van der Waals surface area (Å²) in [6.45, 7) is 2.15. The van der Waals surface area contributed by atoms with Crippen molar-refractivity contribution in [2.45, 2.75) is 18.9 Å². The molecule has 1 atom stereocenters. The summed E-state index contributed by atoms with van der Waals surface area (Å²) in [5, 5.41) is 12.6. The number of rotatable bonds is 3. The van der Waals surface area contributed by atoms with Crippen molar-refractivity contribution in [3.8, 4) is 11.8 Å². The molecule has 0 saturated carbocycles. The SMILES string of the molecule is COc1cccc(C#N)c1NC1CCCN(C)C1. The van der Waals surface area contributed by atoms with E-state index in [4.69, 9.17) is 10.00 Å². The number of nitrogens with zero attached hydrogens (tertiary/aromatic N) is 2. The van der Waals surface area contributed by atoms with Gasteiger partial charge in [0.05, 0.1) is 18.4 Å². The molecule has 0 spiro atoms. The Bertz CT molecular complexity index is 453. The van der Waals surface area contributed by atoms with Gasteiger partial charge < -0.3 is 15.0 Å². The van der Waals surface area contributed by atoms with Crippen LogP contribution < -0.4 is 10.1 Å². The summed E-state index contributed by atoms with van der Waals surface area (Å²) in [6.07, 6.45) is 2.32. The Morgan fingerprint density at radius 1 is 1.50 bits per heavy atom. The molecule has 96 valence electrons. The topological polar surface area (TPSA) is 48.3 Å². The quantitative estimate of drug-likeness (QED) is 0.885. The van der Waals surface area contributed by atoms with Crippen molar-refractivity contribution in [2.75, 3.05) is 32.6 Å². The van der Waals surface area contributed by atoms with Gasteiger partial charge in [0.15, 0.2) is 0 Å². The lowest BCUT2D eigenvalue weighted by atomic mass is 10.0. The van der Waals surface area contributed by atoms with Gasteiger partial charge in [-0.2, -0.15) is 5.26 Å². The van der Waals surface area contributed by atoms with E-state index in [1.807, 2.05) is 18.2 Å². The Balaban J connectivity index is 2.19. The van der Waals surface area contributed by atoms with Gasteiger partial charge in [0.2, 0.25) is 0 Å². The first kappa shape index (κ1) is 12.7. The molecule has 4 heteroatoms. The van der Waals surface area contributed by atoms with E-state index in [-0.39, 0.29) is 0 Å². The largest absolute Gasteiger partial charge is 0.495 e. The smallest absolute Gasteiger partial charge is 0.143 e. The average Bonchev–Trinajstić information content (AvgIpc) is 2.39. The van der Waals surface area contributed by atoms with Crippen LogP contribution in [-0.2, 0) is 0 Å². The fraction of sp³-hybridized carbons (Fsp3) is 0.500. The third-order valence-corrected chi connectivity index (χ3v) is 3.34. The van der Waals surface area contributed by atoms with Gasteiger partial charge in [0, 0.05) is 12.6 Å². The number of hydrogen-bond acceptors (Lipinski definition) is 4. The highest BCUT2D eigenvalue weighted by atomic mass is 16.5. The van der Waals surface area contributed by atoms with E-state index in [9.17, 15) is 0 Å². The van der Waals surface area contributed by atoms with Gasteiger partial charge in [-0.05, 0) is 38.6 Å². The second kappa shape index (κ2) is 5.74. The molecule has 0 aromatic heterocycles. The molecule has 0 bridgehead atoms. The van der Waals surface area contributed by atoms with Crippen molar-refractivity contribution >= 4 is 5.69 Å². The van der Waals surface area contributed by atoms with Gasteiger partial charge in [-0.15, -0.1) is 0 Å². The maximum absolute atomic E-state index is 9.16. The first-order valence-corrected chi connectivity index (χ1v) is 6.26. The lowest BCUT2D eigenvalue weighted by Gasteiger charge is -2.31. The molecule has 18 heavy (non-hydrogen) atoms. The number of likely N-dealkylation sites (tertiary alicyclic amines) is 1. The van der Waals surface area contributed by atoms with Crippen molar-refractivity contribution in [3.05, 3.63) is 23.8 Å². The van der Waals surface area contributed by atoms with Gasteiger partial charge in [0.1, 0.15) is 11.8 Å². The molecule has 0 aliphatic carbocycles. The van der Waals surface area contributed by atoms with E-state index >= 15 is 0 Å². The molecule has 0 amide bonds. The van der Waals surface area contributed by atoms with Crippen molar-refractivity contribution in [1.82, 2.24) is 4.90 Å². The first-order valence-electron chi connectivity index (χ1n) is 6.26. The normalized spacial score (nSPS) is 20.2. The number of anilines is 1. The lowest BCUT2D eigenvalue weighted by Crippen LogP contribution is -2.39. The number of ether oxygens (including phenoxy) is 1. The highest BCUT2D eigenvalue weighted by Crippen LogP contribution is 2.29. The molecule has 1 fully saturated rings. The summed E-state index contributed by atoms with van der Waals surface area (Å²) in [6, 6.07) is 8.14. The van der Waals surface area contributed by atoms with Crippen LogP contribution in [0.5, 0.6) is 5.75 Å². The van der Waals surface area contributed by atoms with Crippen LogP contribution in [0.15, 0.2) is 18.2 Å². The minimum absolute atomic E-state index is 0.382. The number of benzene rings is 1. The Morgan fingerprint density at radius 2 is 2.33 bits per heavy atom. The van der Waals surface area contributed by atoms with E-state index in [0.717, 1.165) is 30.9 Å². The monoisotopic (exact) mass is 245 g/mol. The maximum atomic E-state index is 9.16. The third kappa shape index (κ3) is 2.74. The zero-order valence-electron chi connectivity index (χ0n) is 10.9. The predicted octanol–water partition coefficient (Wildman–Crippen LogP) is 2.07. The summed E-state index contributed by atoms with van der Waals surface area (Å²) in [7, 11) is 3.76. The molecular weight excluding hydrogens is 226 g/mol. The highest BCUT2D eigenvalue weighted by molar-refractivity contribution is 5.66. The van der Waals surface area contributed by atoms with Crippen LogP contribution in [0.3, 0.4) is 0 Å². The molecule has 4 nitrogen and oxygen atoms in total. The Labute approximate surface area is 108 Å². The molecule has 1 aromatic carbocycles. The van der Waals surface area contributed by atoms with Crippen LogP contribution in [0.2, 0.25) is 0 Å². The van der Waals surface area contributed by atoms with E-state index in [1.165, 1.54) is 6.42 Å². The van der Waals surface area contributed by atoms with Crippen LogP contribution in [0, 0.1) is 11.3 Å². The van der Waals surface area contributed by atoms with Gasteiger partial charge in [0.25, 0.3) is 0 Å². The number of hydrogen-bond donors (Lipinski definition) is 1. The fourth-order valence-electron chi connectivity index (χ4n) is 2.43. The summed E-state index contributed by atoms with van der Waals surface area (Å²) < 4.78 is 5.33. The summed E-state index contributed by atoms with van der Waals surface area (Å²) in [4.78, 5) is 2.31. The molecule has 1 unspecified atom stereocenters. The third-order valence-electron chi connectivity index (χ3n) is 3.34. The second-order valence-corrected chi connectivity index (χ2v) is 4.74. The van der Waals surface area contributed by atoms with Gasteiger partial charge >= 0.3 is 0 Å². The minimum atomic E-state index is 0.382. The Morgan fingerprint density at radius 3 is 3.00 bits per heavy atom. The van der Waals surface area contributed by atoms with Gasteiger partial charge in [-0.1, -0.05) is 6.07 Å². The van der Waals surface area contributed by atoms with Crippen LogP contribution >= 0.6 is 0 Å². The Kier molecular flexibility index (Phi) is 4.06. The molecule has 2 rings (SSSR count). The van der Waals surface area contributed by atoms with Crippen LogP contribution in [0.1, 0.15) is 18.4 Å². The fourth-order valence-corrected chi connectivity index (χ4v) is 2.43. The zero-order valence-corrected chi connectivity index (χ0v) is 10.9. The minimum Gasteiger partial charge on any atom is -0.495 e. The average molecular weight is 245 g/mol. The molecule has 1 heterocycles. The van der Waals surface area contributed by atoms with E-state index in [1.54, 1.807) is 7.11 Å². The van der Waals surface area contributed by atoms with Crippen LogP contribution in [-0.4, -0.2) is 38.2 Å². The zero-order chi connectivity index (χ0) is 13.0. The van der Waals surface area contributed by atoms with E-state index in [0.29, 0.717) is 11.6 Å². The number of piperidine rings is 1. The Hall–Kier alpha value is -1.73. The lowest BCUT2D eigenvalue weighted by molar-refractivity contribution is 0.260. The molecule has 1 aliphatic heterocycles. The molecule has 1 aliphatic rings. The summed E-state index contributed by atoms with van der Waals surface area (Å²) >= 11 is 0. The molecule has 0 radical (unpaired) electrons. The molecular formula is C14H19N3O. The van der Waals surface area contributed by atoms with Crippen LogP contribution in [0.25, 0.3) is 0 Å². The van der Waals surface area contributed by atoms with E-state index in [2.05, 4.69) is 23.3 Å². The number of para-hydroxylation sites is 1. The highest BCUT2D eigenvalue weighted by Gasteiger charge is 2.19.